The Morgan fingerprint density at radius 1 is 1.36 bits per heavy atom. The van der Waals surface area contributed by atoms with E-state index in [-0.39, 0.29) is 19.3 Å². The minimum Gasteiger partial charge on any atom is -0.396 e. The molecule has 1 aromatic carbocycles. The Labute approximate surface area is 88.3 Å². The first-order valence-electron chi connectivity index (χ1n) is 4.50. The predicted octanol–water partition coefficient (Wildman–Crippen LogP) is 1.50. The molecule has 0 bridgehead atoms. The van der Waals surface area contributed by atoms with Gasteiger partial charge in [-0.25, -0.2) is 0 Å². The summed E-state index contributed by atoms with van der Waals surface area (Å²) in [5, 5.41) is 21.4. The fraction of sp³-hybridized carbons (Fsp3) is 0.400. The summed E-state index contributed by atoms with van der Waals surface area (Å²) in [6, 6.07) is 7.14. The minimum atomic E-state index is -0.126. The number of benzene rings is 1. The third-order valence-corrected chi connectivity index (χ3v) is 2.13. The smallest absolute Gasteiger partial charge is 0.0633 e. The Kier molecular flexibility index (Phi) is 4.73. The van der Waals surface area contributed by atoms with Crippen LogP contribution in [-0.2, 0) is 0 Å². The molecule has 3 nitrogen and oxygen atoms in total. The molecule has 0 aliphatic heterocycles. The van der Waals surface area contributed by atoms with Crippen LogP contribution < -0.4 is 5.32 Å². The van der Waals surface area contributed by atoms with Crippen molar-refractivity contribution in [2.75, 3.05) is 18.5 Å². The first-order valence-corrected chi connectivity index (χ1v) is 4.88. The average molecular weight is 216 g/mol. The molecule has 1 aromatic rings. The second-order valence-electron chi connectivity index (χ2n) is 3.05. The van der Waals surface area contributed by atoms with E-state index in [1.54, 1.807) is 12.1 Å². The lowest BCUT2D eigenvalue weighted by Crippen LogP contribution is -2.24. The third kappa shape index (κ3) is 3.54. The molecule has 0 aromatic heterocycles. The molecular formula is C10H14ClNO2. The molecule has 0 heterocycles. The zero-order chi connectivity index (χ0) is 10.4. The Morgan fingerprint density at radius 3 is 2.71 bits per heavy atom. The molecule has 1 rings (SSSR count). The van der Waals surface area contributed by atoms with Gasteiger partial charge in [-0.2, -0.15) is 0 Å². The Morgan fingerprint density at radius 2 is 2.14 bits per heavy atom. The molecule has 14 heavy (non-hydrogen) atoms. The van der Waals surface area contributed by atoms with Crippen molar-refractivity contribution in [3.05, 3.63) is 29.3 Å². The molecule has 0 spiro atoms. The van der Waals surface area contributed by atoms with E-state index in [4.69, 9.17) is 21.8 Å². The number of rotatable bonds is 5. The maximum Gasteiger partial charge on any atom is 0.0633 e. The highest BCUT2D eigenvalue weighted by molar-refractivity contribution is 6.30. The van der Waals surface area contributed by atoms with Crippen molar-refractivity contribution < 1.29 is 10.2 Å². The molecule has 1 atom stereocenters. The van der Waals surface area contributed by atoms with Crippen LogP contribution in [0.15, 0.2) is 24.3 Å². The van der Waals surface area contributed by atoms with Gasteiger partial charge in [0.2, 0.25) is 0 Å². The van der Waals surface area contributed by atoms with E-state index in [9.17, 15) is 0 Å². The average Bonchev–Trinajstić information content (AvgIpc) is 2.17. The van der Waals surface area contributed by atoms with Crippen molar-refractivity contribution in [1.29, 1.82) is 0 Å². The van der Waals surface area contributed by atoms with Crippen molar-refractivity contribution in [1.82, 2.24) is 0 Å². The predicted molar refractivity (Wildman–Crippen MR) is 57.7 cm³/mol. The van der Waals surface area contributed by atoms with Crippen LogP contribution >= 0.6 is 11.6 Å². The van der Waals surface area contributed by atoms with Crippen molar-refractivity contribution >= 4 is 17.3 Å². The van der Waals surface area contributed by atoms with Crippen LogP contribution in [0.3, 0.4) is 0 Å². The lowest BCUT2D eigenvalue weighted by Gasteiger charge is -2.16. The monoisotopic (exact) mass is 215 g/mol. The number of anilines is 1. The first-order chi connectivity index (χ1) is 6.76. The number of aliphatic hydroxyl groups is 2. The van der Waals surface area contributed by atoms with Gasteiger partial charge >= 0.3 is 0 Å². The Hall–Kier alpha value is -0.770. The summed E-state index contributed by atoms with van der Waals surface area (Å²) >= 11 is 5.80. The van der Waals surface area contributed by atoms with Gasteiger partial charge in [0.05, 0.1) is 12.6 Å². The van der Waals surface area contributed by atoms with Gasteiger partial charge in [0.15, 0.2) is 0 Å². The van der Waals surface area contributed by atoms with E-state index in [0.29, 0.717) is 11.4 Å². The summed E-state index contributed by atoms with van der Waals surface area (Å²) in [6.45, 7) is 0.0475. The van der Waals surface area contributed by atoms with E-state index in [1.807, 2.05) is 12.1 Å². The largest absolute Gasteiger partial charge is 0.396 e. The van der Waals surface area contributed by atoms with Crippen molar-refractivity contribution in [3.63, 3.8) is 0 Å². The van der Waals surface area contributed by atoms with Gasteiger partial charge in [0, 0.05) is 17.3 Å². The van der Waals surface area contributed by atoms with Gasteiger partial charge < -0.3 is 15.5 Å². The molecule has 0 saturated carbocycles. The summed E-state index contributed by atoms with van der Waals surface area (Å²) in [7, 11) is 0. The molecule has 3 N–H and O–H groups in total. The van der Waals surface area contributed by atoms with Crippen LogP contribution in [0.2, 0.25) is 5.02 Å². The van der Waals surface area contributed by atoms with Gasteiger partial charge in [-0.05, 0) is 24.6 Å². The zero-order valence-electron chi connectivity index (χ0n) is 7.78. The van der Waals surface area contributed by atoms with Crippen molar-refractivity contribution in [2.45, 2.75) is 12.5 Å². The summed E-state index contributed by atoms with van der Waals surface area (Å²) < 4.78 is 0. The molecule has 4 heteroatoms. The van der Waals surface area contributed by atoms with Crippen molar-refractivity contribution in [3.8, 4) is 0 Å². The Balaban J connectivity index is 2.57. The SMILES string of the molecule is OCCC(CO)Nc1cccc(Cl)c1. The van der Waals surface area contributed by atoms with Gasteiger partial charge in [0.1, 0.15) is 0 Å². The number of aliphatic hydroxyl groups excluding tert-OH is 2. The summed E-state index contributed by atoms with van der Waals surface area (Å²) in [6.07, 6.45) is 0.517. The maximum absolute atomic E-state index is 8.98. The van der Waals surface area contributed by atoms with E-state index < -0.39 is 0 Å². The van der Waals surface area contributed by atoms with E-state index >= 15 is 0 Å². The first kappa shape index (κ1) is 11.3. The number of hydrogen-bond donors (Lipinski definition) is 3. The molecular weight excluding hydrogens is 202 g/mol. The summed E-state index contributed by atoms with van der Waals surface area (Å²) in [5.74, 6) is 0. The van der Waals surface area contributed by atoms with Crippen LogP contribution in [0.25, 0.3) is 0 Å². The lowest BCUT2D eigenvalue weighted by atomic mass is 10.2. The number of nitrogens with one attached hydrogen (secondary N) is 1. The molecule has 0 amide bonds. The van der Waals surface area contributed by atoms with Gasteiger partial charge in [-0.15, -0.1) is 0 Å². The molecule has 0 aliphatic rings. The fourth-order valence-corrected chi connectivity index (χ4v) is 1.37. The van der Waals surface area contributed by atoms with Crippen molar-refractivity contribution in [2.24, 2.45) is 0 Å². The number of hydrogen-bond acceptors (Lipinski definition) is 3. The van der Waals surface area contributed by atoms with E-state index in [2.05, 4.69) is 5.32 Å². The lowest BCUT2D eigenvalue weighted by molar-refractivity contribution is 0.229. The minimum absolute atomic E-state index is 0.00687. The standard InChI is InChI=1S/C10H14ClNO2/c11-8-2-1-3-9(6-8)12-10(7-14)4-5-13/h1-3,6,10,12-14H,4-5,7H2. The molecule has 0 fully saturated rings. The molecule has 0 radical (unpaired) electrons. The van der Waals surface area contributed by atoms with E-state index in [1.165, 1.54) is 0 Å². The normalized spacial score (nSPS) is 12.5. The molecule has 0 saturated heterocycles. The van der Waals surface area contributed by atoms with E-state index in [0.717, 1.165) is 5.69 Å². The quantitative estimate of drug-likeness (QED) is 0.698. The van der Waals surface area contributed by atoms with Gasteiger partial charge in [-0.1, -0.05) is 17.7 Å². The van der Waals surface area contributed by atoms with Crippen LogP contribution in [0, 0.1) is 0 Å². The maximum atomic E-state index is 8.98. The molecule has 0 aliphatic carbocycles. The topological polar surface area (TPSA) is 52.5 Å². The van der Waals surface area contributed by atoms with Crippen LogP contribution in [-0.4, -0.2) is 29.5 Å². The highest BCUT2D eigenvalue weighted by atomic mass is 35.5. The Bertz CT molecular complexity index is 281. The highest BCUT2D eigenvalue weighted by Crippen LogP contribution is 2.16. The van der Waals surface area contributed by atoms with Gasteiger partial charge in [0.25, 0.3) is 0 Å². The van der Waals surface area contributed by atoms with Gasteiger partial charge in [-0.3, -0.25) is 0 Å². The number of halogens is 1. The van der Waals surface area contributed by atoms with Crippen LogP contribution in [0.1, 0.15) is 6.42 Å². The third-order valence-electron chi connectivity index (χ3n) is 1.89. The second-order valence-corrected chi connectivity index (χ2v) is 3.48. The van der Waals surface area contributed by atoms with Crippen LogP contribution in [0.5, 0.6) is 0 Å². The molecule has 78 valence electrons. The summed E-state index contributed by atoms with van der Waals surface area (Å²) in [4.78, 5) is 0. The fourth-order valence-electron chi connectivity index (χ4n) is 1.18. The second kappa shape index (κ2) is 5.86. The molecule has 1 unspecified atom stereocenters. The highest BCUT2D eigenvalue weighted by Gasteiger charge is 2.05. The van der Waals surface area contributed by atoms with Crippen LogP contribution in [0.4, 0.5) is 5.69 Å². The zero-order valence-corrected chi connectivity index (χ0v) is 8.54. The summed E-state index contributed by atoms with van der Waals surface area (Å²) in [5.41, 5.74) is 0.852.